The molecule has 118 valence electrons. The maximum absolute atomic E-state index is 3.52. The molecule has 1 unspecified atom stereocenters. The predicted molar refractivity (Wildman–Crippen MR) is 91.7 cm³/mol. The van der Waals surface area contributed by atoms with Gasteiger partial charge in [0.2, 0.25) is 0 Å². The normalized spacial score (nSPS) is 17.8. The van der Waals surface area contributed by atoms with Gasteiger partial charge in [-0.3, -0.25) is 4.90 Å². The second-order valence-electron chi connectivity index (χ2n) is 7.06. The summed E-state index contributed by atoms with van der Waals surface area (Å²) in [5.41, 5.74) is 2.88. The van der Waals surface area contributed by atoms with Gasteiger partial charge in [0.15, 0.2) is 0 Å². The van der Waals surface area contributed by atoms with E-state index >= 15 is 0 Å². The molecule has 2 nitrogen and oxygen atoms in total. The molecule has 2 rings (SSSR count). The van der Waals surface area contributed by atoms with E-state index in [-0.39, 0.29) is 0 Å². The molecule has 1 aliphatic rings. The average Bonchev–Trinajstić information content (AvgIpc) is 3.00. The van der Waals surface area contributed by atoms with E-state index in [2.05, 4.69) is 62.3 Å². The van der Waals surface area contributed by atoms with Crippen LogP contribution in [0.15, 0.2) is 24.3 Å². The molecular formula is C19H32N2. The molecule has 0 aromatic heterocycles. The molecule has 21 heavy (non-hydrogen) atoms. The lowest BCUT2D eigenvalue weighted by Gasteiger charge is -2.24. The van der Waals surface area contributed by atoms with Crippen LogP contribution in [0.2, 0.25) is 0 Å². The first-order valence-corrected chi connectivity index (χ1v) is 8.58. The van der Waals surface area contributed by atoms with E-state index in [1.807, 2.05) is 0 Å². The minimum atomic E-state index is 0.562. The van der Waals surface area contributed by atoms with E-state index in [4.69, 9.17) is 0 Å². The molecular weight excluding hydrogens is 256 g/mol. The van der Waals surface area contributed by atoms with Crippen molar-refractivity contribution >= 4 is 0 Å². The summed E-state index contributed by atoms with van der Waals surface area (Å²) in [5.74, 6) is 0.578. The number of nitrogens with one attached hydrogen (secondary N) is 1. The van der Waals surface area contributed by atoms with Crippen LogP contribution in [0.4, 0.5) is 0 Å². The Morgan fingerprint density at radius 1 is 1.10 bits per heavy atom. The van der Waals surface area contributed by atoms with E-state index in [0.29, 0.717) is 12.0 Å². The Bertz CT molecular complexity index is 404. The monoisotopic (exact) mass is 288 g/mol. The van der Waals surface area contributed by atoms with Crippen LogP contribution in [0.25, 0.3) is 0 Å². The molecule has 0 saturated heterocycles. The Morgan fingerprint density at radius 2 is 1.71 bits per heavy atom. The number of rotatable bonds is 7. The van der Waals surface area contributed by atoms with Crippen LogP contribution in [0, 0.1) is 0 Å². The van der Waals surface area contributed by atoms with Gasteiger partial charge in [-0.2, -0.15) is 0 Å². The van der Waals surface area contributed by atoms with Gasteiger partial charge in [-0.15, -0.1) is 0 Å². The lowest BCUT2D eigenvalue weighted by Crippen LogP contribution is -2.28. The molecule has 2 heteroatoms. The van der Waals surface area contributed by atoms with Gasteiger partial charge in [0.05, 0.1) is 0 Å². The van der Waals surface area contributed by atoms with Crippen molar-refractivity contribution in [3.8, 4) is 0 Å². The molecule has 1 saturated carbocycles. The predicted octanol–water partition coefficient (Wildman–Crippen LogP) is 4.16. The summed E-state index contributed by atoms with van der Waals surface area (Å²) in [7, 11) is 2.28. The van der Waals surface area contributed by atoms with Crippen LogP contribution in [-0.4, -0.2) is 30.6 Å². The number of benzene rings is 1. The maximum Gasteiger partial charge on any atom is 0.0233 e. The van der Waals surface area contributed by atoms with Gasteiger partial charge in [-0.1, -0.05) is 57.9 Å². The summed E-state index contributed by atoms with van der Waals surface area (Å²) in [5, 5.41) is 3.52. The van der Waals surface area contributed by atoms with Crippen LogP contribution < -0.4 is 5.32 Å². The fourth-order valence-corrected chi connectivity index (χ4v) is 3.24. The van der Waals surface area contributed by atoms with E-state index in [0.717, 1.165) is 19.1 Å². The fourth-order valence-electron chi connectivity index (χ4n) is 3.24. The fraction of sp³-hybridized carbons (Fsp3) is 0.684. The summed E-state index contributed by atoms with van der Waals surface area (Å²) in [6.07, 6.45) is 5.58. The molecule has 0 radical (unpaired) electrons. The van der Waals surface area contributed by atoms with E-state index in [1.54, 1.807) is 0 Å². The van der Waals surface area contributed by atoms with Crippen molar-refractivity contribution in [3.63, 3.8) is 0 Å². The zero-order chi connectivity index (χ0) is 15.2. The second-order valence-corrected chi connectivity index (χ2v) is 7.06. The summed E-state index contributed by atoms with van der Waals surface area (Å²) >= 11 is 0. The van der Waals surface area contributed by atoms with E-state index in [9.17, 15) is 0 Å². The largest absolute Gasteiger partial charge is 0.314 e. The third-order valence-electron chi connectivity index (χ3n) is 4.76. The van der Waals surface area contributed by atoms with E-state index in [1.165, 1.54) is 36.8 Å². The lowest BCUT2D eigenvalue weighted by atomic mass is 9.99. The highest BCUT2D eigenvalue weighted by Crippen LogP contribution is 2.24. The third kappa shape index (κ3) is 5.12. The second kappa shape index (κ2) is 7.95. The minimum Gasteiger partial charge on any atom is -0.314 e. The first kappa shape index (κ1) is 16.5. The molecule has 0 spiro atoms. The minimum absolute atomic E-state index is 0.562. The molecule has 1 aromatic rings. The molecule has 0 bridgehead atoms. The summed E-state index contributed by atoms with van der Waals surface area (Å²) in [4.78, 5) is 2.53. The van der Waals surface area contributed by atoms with Gasteiger partial charge in [-0.25, -0.2) is 0 Å². The average molecular weight is 288 g/mol. The highest BCUT2D eigenvalue weighted by molar-refractivity contribution is 5.25. The number of hydrogen-bond donors (Lipinski definition) is 1. The van der Waals surface area contributed by atoms with E-state index < -0.39 is 0 Å². The van der Waals surface area contributed by atoms with Crippen molar-refractivity contribution < 1.29 is 0 Å². The molecule has 1 atom stereocenters. The third-order valence-corrected chi connectivity index (χ3v) is 4.76. The first-order valence-electron chi connectivity index (χ1n) is 8.58. The number of hydrogen-bond acceptors (Lipinski definition) is 2. The van der Waals surface area contributed by atoms with Crippen molar-refractivity contribution in [1.82, 2.24) is 10.2 Å². The van der Waals surface area contributed by atoms with Crippen LogP contribution in [-0.2, 0) is 6.54 Å². The molecule has 1 fully saturated rings. The van der Waals surface area contributed by atoms with Crippen molar-refractivity contribution in [3.05, 3.63) is 35.4 Å². The lowest BCUT2D eigenvalue weighted by molar-refractivity contribution is 0.237. The highest BCUT2D eigenvalue weighted by Gasteiger charge is 2.19. The summed E-state index contributed by atoms with van der Waals surface area (Å²) in [6.45, 7) is 8.85. The quantitative estimate of drug-likeness (QED) is 0.810. The van der Waals surface area contributed by atoms with Gasteiger partial charge < -0.3 is 5.32 Å². The Morgan fingerprint density at radius 3 is 2.29 bits per heavy atom. The van der Waals surface area contributed by atoms with Crippen LogP contribution in [0.5, 0.6) is 0 Å². The molecule has 0 heterocycles. The zero-order valence-corrected chi connectivity index (χ0v) is 14.2. The van der Waals surface area contributed by atoms with Gasteiger partial charge in [0.1, 0.15) is 0 Å². The molecule has 1 aliphatic carbocycles. The van der Waals surface area contributed by atoms with Crippen molar-refractivity contribution in [1.29, 1.82) is 0 Å². The number of nitrogens with zero attached hydrogens (tertiary/aromatic N) is 1. The Balaban J connectivity index is 1.86. The standard InChI is InChI=1S/C19H32N2/c1-15(2)20-13-16(3)18-11-9-17(10-12-18)14-21(4)19-7-5-6-8-19/h9-12,15-16,19-20H,5-8,13-14H2,1-4H3. The van der Waals surface area contributed by atoms with Crippen molar-refractivity contribution in [2.45, 2.75) is 71.0 Å². The summed E-state index contributed by atoms with van der Waals surface area (Å²) < 4.78 is 0. The van der Waals surface area contributed by atoms with Crippen molar-refractivity contribution in [2.24, 2.45) is 0 Å². The summed E-state index contributed by atoms with van der Waals surface area (Å²) in [6, 6.07) is 10.6. The van der Waals surface area contributed by atoms with Gasteiger partial charge in [-0.05, 0) is 36.9 Å². The SMILES string of the molecule is CC(C)NCC(C)c1ccc(CN(C)C2CCCC2)cc1. The van der Waals surface area contributed by atoms with Gasteiger partial charge >= 0.3 is 0 Å². The van der Waals surface area contributed by atoms with Crippen LogP contribution in [0.1, 0.15) is 63.5 Å². The zero-order valence-electron chi connectivity index (χ0n) is 14.2. The smallest absolute Gasteiger partial charge is 0.0233 e. The van der Waals surface area contributed by atoms with Gasteiger partial charge in [0.25, 0.3) is 0 Å². The molecule has 1 N–H and O–H groups in total. The Kier molecular flexibility index (Phi) is 6.25. The highest BCUT2D eigenvalue weighted by atomic mass is 15.1. The topological polar surface area (TPSA) is 15.3 Å². The molecule has 1 aromatic carbocycles. The maximum atomic E-state index is 3.52. The van der Waals surface area contributed by atoms with Crippen molar-refractivity contribution in [2.75, 3.05) is 13.6 Å². The molecule has 0 amide bonds. The van der Waals surface area contributed by atoms with Gasteiger partial charge in [0, 0.05) is 25.2 Å². The van der Waals surface area contributed by atoms with Crippen LogP contribution in [0.3, 0.4) is 0 Å². The Hall–Kier alpha value is -0.860. The Labute approximate surface area is 130 Å². The van der Waals surface area contributed by atoms with Crippen LogP contribution >= 0.6 is 0 Å². The molecule has 0 aliphatic heterocycles. The first-order chi connectivity index (χ1) is 10.1.